The molecule has 0 bridgehead atoms. The number of anilines is 1. The highest BCUT2D eigenvalue weighted by Gasteiger charge is 2.20. The van der Waals surface area contributed by atoms with Crippen LogP contribution < -0.4 is 5.73 Å². The summed E-state index contributed by atoms with van der Waals surface area (Å²) in [5.74, 6) is 0. The zero-order chi connectivity index (χ0) is 10.8. The predicted molar refractivity (Wildman–Crippen MR) is 56.3 cm³/mol. The molecule has 78 valence electrons. The first-order valence-corrected chi connectivity index (χ1v) is 5.75. The molecular formula is C9H14N2O2S. The first-order chi connectivity index (χ1) is 6.50. The number of nitrogen functional groups attached to an aromatic ring is 1. The number of nitrogens with zero attached hydrogens (tertiary/aromatic N) is 1. The first-order valence-electron chi connectivity index (χ1n) is 4.31. The molecule has 0 unspecified atom stereocenters. The smallest absolute Gasteiger partial charge is 0.244 e. The van der Waals surface area contributed by atoms with E-state index in [1.807, 2.05) is 0 Å². The van der Waals surface area contributed by atoms with Crippen molar-refractivity contribution in [3.63, 3.8) is 0 Å². The lowest BCUT2D eigenvalue weighted by Crippen LogP contribution is -2.27. The quantitative estimate of drug-likeness (QED) is 0.761. The summed E-state index contributed by atoms with van der Waals surface area (Å²) in [4.78, 5) is 0.171. The van der Waals surface area contributed by atoms with Gasteiger partial charge >= 0.3 is 0 Å². The predicted octanol–water partition coefficient (Wildman–Crippen LogP) is 0.909. The minimum atomic E-state index is -3.41. The van der Waals surface area contributed by atoms with Crippen molar-refractivity contribution in [1.29, 1.82) is 0 Å². The van der Waals surface area contributed by atoms with Crippen LogP contribution in [0.2, 0.25) is 0 Å². The lowest BCUT2D eigenvalue weighted by Gasteiger charge is -2.15. The van der Waals surface area contributed by atoms with Gasteiger partial charge in [-0.3, -0.25) is 0 Å². The molecule has 0 aromatic heterocycles. The van der Waals surface area contributed by atoms with E-state index >= 15 is 0 Å². The minimum Gasteiger partial charge on any atom is -0.398 e. The first kappa shape index (κ1) is 11.0. The minimum absolute atomic E-state index is 0.171. The van der Waals surface area contributed by atoms with Gasteiger partial charge in [0.15, 0.2) is 0 Å². The van der Waals surface area contributed by atoms with Crippen LogP contribution in [-0.2, 0) is 10.0 Å². The Hall–Kier alpha value is -1.07. The summed E-state index contributed by atoms with van der Waals surface area (Å²) in [6, 6.07) is 6.46. The van der Waals surface area contributed by atoms with Crippen molar-refractivity contribution >= 4 is 15.7 Å². The zero-order valence-electron chi connectivity index (χ0n) is 8.27. The molecule has 1 rings (SSSR count). The van der Waals surface area contributed by atoms with Gasteiger partial charge in [0, 0.05) is 13.6 Å². The molecule has 1 aromatic rings. The number of hydrogen-bond acceptors (Lipinski definition) is 3. The van der Waals surface area contributed by atoms with E-state index < -0.39 is 10.0 Å². The Morgan fingerprint density at radius 3 is 2.43 bits per heavy atom. The summed E-state index contributed by atoms with van der Waals surface area (Å²) in [5.41, 5.74) is 5.88. The van der Waals surface area contributed by atoms with E-state index in [4.69, 9.17) is 5.73 Å². The zero-order valence-corrected chi connectivity index (χ0v) is 9.08. The third kappa shape index (κ3) is 1.88. The van der Waals surface area contributed by atoms with Crippen LogP contribution in [0.4, 0.5) is 5.69 Å². The molecule has 0 fully saturated rings. The number of para-hydroxylation sites is 1. The highest BCUT2D eigenvalue weighted by atomic mass is 32.2. The summed E-state index contributed by atoms with van der Waals surface area (Å²) in [5, 5.41) is 0. The second kappa shape index (κ2) is 3.98. The molecule has 0 aliphatic rings. The summed E-state index contributed by atoms with van der Waals surface area (Å²) in [7, 11) is -1.88. The van der Waals surface area contributed by atoms with E-state index in [-0.39, 0.29) is 10.6 Å². The fourth-order valence-electron chi connectivity index (χ4n) is 1.05. The van der Waals surface area contributed by atoms with Crippen LogP contribution in [0.15, 0.2) is 29.2 Å². The molecule has 0 radical (unpaired) electrons. The highest BCUT2D eigenvalue weighted by Crippen LogP contribution is 2.20. The summed E-state index contributed by atoms with van der Waals surface area (Å²) in [6.07, 6.45) is 0. The van der Waals surface area contributed by atoms with Crippen molar-refractivity contribution in [2.45, 2.75) is 11.8 Å². The van der Waals surface area contributed by atoms with Crippen LogP contribution in [0, 0.1) is 0 Å². The van der Waals surface area contributed by atoms with Gasteiger partial charge < -0.3 is 5.73 Å². The third-order valence-corrected chi connectivity index (χ3v) is 4.06. The average Bonchev–Trinajstić information content (AvgIpc) is 2.17. The topological polar surface area (TPSA) is 63.4 Å². The number of hydrogen-bond donors (Lipinski definition) is 1. The molecule has 5 heteroatoms. The third-order valence-electron chi connectivity index (χ3n) is 2.05. The van der Waals surface area contributed by atoms with Gasteiger partial charge in [-0.05, 0) is 12.1 Å². The van der Waals surface area contributed by atoms with E-state index in [2.05, 4.69) is 0 Å². The molecule has 0 atom stereocenters. The lowest BCUT2D eigenvalue weighted by molar-refractivity contribution is 0.487. The van der Waals surface area contributed by atoms with Gasteiger partial charge in [0.1, 0.15) is 4.90 Å². The number of nitrogens with two attached hydrogens (primary N) is 1. The van der Waals surface area contributed by atoms with Gasteiger partial charge in [-0.15, -0.1) is 0 Å². The standard InChI is InChI=1S/C9H14N2O2S/c1-3-11(2)14(12,13)9-7-5-4-6-8(9)10/h4-7H,3,10H2,1-2H3. The maximum absolute atomic E-state index is 11.8. The van der Waals surface area contributed by atoms with Crippen molar-refractivity contribution in [2.75, 3.05) is 19.3 Å². The van der Waals surface area contributed by atoms with Crippen LogP contribution in [0.5, 0.6) is 0 Å². The molecule has 0 saturated heterocycles. The molecule has 0 aliphatic heterocycles. The molecule has 0 heterocycles. The Bertz CT molecular complexity index is 415. The van der Waals surface area contributed by atoms with Crippen molar-refractivity contribution < 1.29 is 8.42 Å². The Morgan fingerprint density at radius 1 is 1.36 bits per heavy atom. The van der Waals surface area contributed by atoms with Gasteiger partial charge in [-0.1, -0.05) is 19.1 Å². The monoisotopic (exact) mass is 214 g/mol. The van der Waals surface area contributed by atoms with Gasteiger partial charge in [0.05, 0.1) is 5.69 Å². The maximum atomic E-state index is 11.8. The molecular weight excluding hydrogens is 200 g/mol. The number of benzene rings is 1. The van der Waals surface area contributed by atoms with E-state index in [0.29, 0.717) is 6.54 Å². The van der Waals surface area contributed by atoms with Gasteiger partial charge in [0.2, 0.25) is 10.0 Å². The van der Waals surface area contributed by atoms with Gasteiger partial charge in [-0.2, -0.15) is 0 Å². The molecule has 0 amide bonds. The van der Waals surface area contributed by atoms with Gasteiger partial charge in [-0.25, -0.2) is 12.7 Å². The molecule has 2 N–H and O–H groups in total. The van der Waals surface area contributed by atoms with Crippen LogP contribution in [0.1, 0.15) is 6.92 Å². The molecule has 0 spiro atoms. The molecule has 14 heavy (non-hydrogen) atoms. The number of rotatable bonds is 3. The normalized spacial score (nSPS) is 11.9. The van der Waals surface area contributed by atoms with E-state index in [0.717, 1.165) is 0 Å². The van der Waals surface area contributed by atoms with Crippen molar-refractivity contribution in [1.82, 2.24) is 4.31 Å². The molecule has 4 nitrogen and oxygen atoms in total. The summed E-state index contributed by atoms with van der Waals surface area (Å²) >= 11 is 0. The fourth-order valence-corrected chi connectivity index (χ4v) is 2.35. The van der Waals surface area contributed by atoms with E-state index in [1.165, 1.54) is 17.4 Å². The van der Waals surface area contributed by atoms with Crippen molar-refractivity contribution in [3.8, 4) is 0 Å². The molecule has 0 aliphatic carbocycles. The van der Waals surface area contributed by atoms with Crippen molar-refractivity contribution in [3.05, 3.63) is 24.3 Å². The molecule has 0 saturated carbocycles. The second-order valence-corrected chi connectivity index (χ2v) is 4.97. The average molecular weight is 214 g/mol. The van der Waals surface area contributed by atoms with Crippen LogP contribution >= 0.6 is 0 Å². The largest absolute Gasteiger partial charge is 0.398 e. The van der Waals surface area contributed by atoms with Crippen molar-refractivity contribution in [2.24, 2.45) is 0 Å². The van der Waals surface area contributed by atoms with E-state index in [1.54, 1.807) is 25.1 Å². The van der Waals surface area contributed by atoms with Crippen LogP contribution in [-0.4, -0.2) is 26.3 Å². The second-order valence-electron chi connectivity index (χ2n) is 2.96. The Balaban J connectivity index is 3.24. The SMILES string of the molecule is CCN(C)S(=O)(=O)c1ccccc1N. The van der Waals surface area contributed by atoms with Crippen LogP contribution in [0.3, 0.4) is 0 Å². The van der Waals surface area contributed by atoms with Gasteiger partial charge in [0.25, 0.3) is 0 Å². The van der Waals surface area contributed by atoms with Crippen LogP contribution in [0.25, 0.3) is 0 Å². The summed E-state index contributed by atoms with van der Waals surface area (Å²) < 4.78 is 24.9. The lowest BCUT2D eigenvalue weighted by atomic mass is 10.3. The van der Waals surface area contributed by atoms with E-state index in [9.17, 15) is 8.42 Å². The number of sulfonamides is 1. The Labute approximate surface area is 84.4 Å². The highest BCUT2D eigenvalue weighted by molar-refractivity contribution is 7.89. The molecule has 1 aromatic carbocycles. The Kier molecular flexibility index (Phi) is 3.13. The Morgan fingerprint density at radius 2 is 1.93 bits per heavy atom. The summed E-state index contributed by atoms with van der Waals surface area (Å²) in [6.45, 7) is 2.20. The maximum Gasteiger partial charge on any atom is 0.244 e. The fraction of sp³-hybridized carbons (Fsp3) is 0.333.